The third kappa shape index (κ3) is 3.89. The molecule has 0 spiro atoms. The van der Waals surface area contributed by atoms with E-state index in [0.29, 0.717) is 34.1 Å². The summed E-state index contributed by atoms with van der Waals surface area (Å²) in [6.07, 6.45) is 11.4. The molecule has 0 aromatic heterocycles. The van der Waals surface area contributed by atoms with Crippen molar-refractivity contribution in [2.75, 3.05) is 11.5 Å². The first-order chi connectivity index (χ1) is 15.4. The summed E-state index contributed by atoms with van der Waals surface area (Å²) in [7, 11) is 0. The van der Waals surface area contributed by atoms with Crippen molar-refractivity contribution < 1.29 is 19.7 Å². The molecule has 156 valence electrons. The quantitative estimate of drug-likeness (QED) is 0.210. The van der Waals surface area contributed by atoms with Gasteiger partial charge < -0.3 is 31.2 Å². The van der Waals surface area contributed by atoms with Gasteiger partial charge in [-0.05, 0) is 53.9 Å². The molecule has 32 heavy (non-hydrogen) atoms. The van der Waals surface area contributed by atoms with E-state index in [9.17, 15) is 10.2 Å². The summed E-state index contributed by atoms with van der Waals surface area (Å²) in [6, 6.07) is 16.1. The van der Waals surface area contributed by atoms with Crippen molar-refractivity contribution in [2.24, 2.45) is 0 Å². The van der Waals surface area contributed by atoms with Gasteiger partial charge in [-0.2, -0.15) is 0 Å². The number of nitrogens with two attached hydrogens (primary N) is 2. The smallest absolute Gasteiger partial charge is 0.143 e. The van der Waals surface area contributed by atoms with E-state index in [1.807, 2.05) is 0 Å². The molecule has 0 atom stereocenters. The molecule has 4 aromatic rings. The van der Waals surface area contributed by atoms with Gasteiger partial charge in [-0.1, -0.05) is 11.8 Å². The van der Waals surface area contributed by atoms with Gasteiger partial charge in [0.1, 0.15) is 34.5 Å². The number of hydrogen-bond donors (Lipinski definition) is 4. The van der Waals surface area contributed by atoms with E-state index in [0.717, 1.165) is 10.8 Å². The fourth-order valence-electron chi connectivity index (χ4n) is 3.18. The van der Waals surface area contributed by atoms with Gasteiger partial charge in [-0.25, -0.2) is 0 Å². The summed E-state index contributed by atoms with van der Waals surface area (Å²) < 4.78 is 11.8. The number of phenolic OH excluding ortho intramolecular Hbond substituents is 2. The number of anilines is 2. The van der Waals surface area contributed by atoms with E-state index in [-0.39, 0.29) is 22.9 Å². The molecule has 0 radical (unpaired) electrons. The fourth-order valence-corrected chi connectivity index (χ4v) is 3.18. The van der Waals surface area contributed by atoms with Crippen LogP contribution in [0.5, 0.6) is 34.5 Å². The van der Waals surface area contributed by atoms with E-state index in [1.54, 1.807) is 42.5 Å². The number of aromatic hydroxyl groups is 2. The molecule has 4 aromatic carbocycles. The Morgan fingerprint density at radius 2 is 1.25 bits per heavy atom. The molecule has 6 heteroatoms. The fraction of sp³-hybridized carbons (Fsp3) is 0. The first-order valence-corrected chi connectivity index (χ1v) is 9.45. The standard InChI is InChI=1S/C26H18N2O4/c1-3-15-10-20(31-18-5-7-22(27)24(29)12-18)11-17-9-16(4-2)26(14-21(15)17)32-19-6-8-23(28)25(30)13-19/h1-2,5-14,29-30H,27-28H2. The largest absolute Gasteiger partial charge is 0.506 e. The van der Waals surface area contributed by atoms with E-state index < -0.39 is 0 Å². The summed E-state index contributed by atoms with van der Waals surface area (Å²) in [5, 5.41) is 21.1. The molecular formula is C26H18N2O4. The second-order valence-electron chi connectivity index (χ2n) is 6.97. The number of rotatable bonds is 4. The Morgan fingerprint density at radius 1 is 0.656 bits per heavy atom. The van der Waals surface area contributed by atoms with E-state index >= 15 is 0 Å². The molecule has 0 saturated heterocycles. The lowest BCUT2D eigenvalue weighted by molar-refractivity contribution is 0.455. The minimum absolute atomic E-state index is 0.0782. The van der Waals surface area contributed by atoms with Crippen LogP contribution in [0, 0.1) is 24.7 Å². The van der Waals surface area contributed by atoms with Crippen molar-refractivity contribution >= 4 is 22.1 Å². The maximum Gasteiger partial charge on any atom is 0.143 e. The molecule has 0 aliphatic carbocycles. The Labute approximate surface area is 184 Å². The lowest BCUT2D eigenvalue weighted by Crippen LogP contribution is -1.93. The summed E-state index contributed by atoms with van der Waals surface area (Å²) >= 11 is 0. The lowest BCUT2D eigenvalue weighted by atomic mass is 10.0. The van der Waals surface area contributed by atoms with Crippen LogP contribution in [-0.4, -0.2) is 10.2 Å². The van der Waals surface area contributed by atoms with Gasteiger partial charge >= 0.3 is 0 Å². The lowest BCUT2D eigenvalue weighted by Gasteiger charge is -2.13. The Morgan fingerprint density at radius 3 is 1.81 bits per heavy atom. The van der Waals surface area contributed by atoms with Gasteiger partial charge in [0.25, 0.3) is 0 Å². The molecule has 0 amide bonds. The van der Waals surface area contributed by atoms with Crippen LogP contribution in [0.4, 0.5) is 11.4 Å². The monoisotopic (exact) mass is 422 g/mol. The maximum atomic E-state index is 9.83. The number of nitrogen functional groups attached to an aromatic ring is 2. The molecule has 0 aliphatic rings. The topological polar surface area (TPSA) is 111 Å². The van der Waals surface area contributed by atoms with Crippen LogP contribution in [0.15, 0.2) is 60.7 Å². The number of fused-ring (bicyclic) bond motifs is 1. The average Bonchev–Trinajstić information content (AvgIpc) is 2.78. The third-order valence-corrected chi connectivity index (χ3v) is 4.80. The highest BCUT2D eigenvalue weighted by Gasteiger charge is 2.12. The molecule has 0 fully saturated rings. The van der Waals surface area contributed by atoms with Crippen molar-refractivity contribution in [1.29, 1.82) is 0 Å². The second-order valence-corrected chi connectivity index (χ2v) is 6.97. The molecule has 0 bridgehead atoms. The Kier molecular flexibility index (Phi) is 5.12. The van der Waals surface area contributed by atoms with Crippen LogP contribution in [0.25, 0.3) is 10.8 Å². The Bertz CT molecular complexity index is 1450. The van der Waals surface area contributed by atoms with Crippen molar-refractivity contribution in [3.05, 3.63) is 71.8 Å². The first kappa shape index (κ1) is 20.3. The summed E-state index contributed by atoms with van der Waals surface area (Å²) in [4.78, 5) is 0. The molecule has 0 unspecified atom stereocenters. The van der Waals surface area contributed by atoms with Crippen molar-refractivity contribution in [3.8, 4) is 59.2 Å². The number of phenols is 2. The van der Waals surface area contributed by atoms with Crippen LogP contribution < -0.4 is 20.9 Å². The van der Waals surface area contributed by atoms with Crippen LogP contribution in [0.2, 0.25) is 0 Å². The van der Waals surface area contributed by atoms with Crippen LogP contribution in [-0.2, 0) is 0 Å². The Balaban J connectivity index is 1.76. The van der Waals surface area contributed by atoms with Gasteiger partial charge in [0, 0.05) is 23.1 Å². The molecule has 0 heterocycles. The van der Waals surface area contributed by atoms with Crippen LogP contribution >= 0.6 is 0 Å². The molecule has 0 saturated carbocycles. The predicted octanol–water partition coefficient (Wildman–Crippen LogP) is 4.96. The van der Waals surface area contributed by atoms with E-state index in [1.165, 1.54) is 18.2 Å². The van der Waals surface area contributed by atoms with Crippen molar-refractivity contribution in [1.82, 2.24) is 0 Å². The molecule has 4 rings (SSSR count). The van der Waals surface area contributed by atoms with Gasteiger partial charge in [-0.3, -0.25) is 0 Å². The summed E-state index contributed by atoms with van der Waals surface area (Å²) in [6.45, 7) is 0. The summed E-state index contributed by atoms with van der Waals surface area (Å²) in [5.41, 5.74) is 12.8. The molecular weight excluding hydrogens is 404 g/mol. The summed E-state index contributed by atoms with van der Waals surface area (Å²) in [5.74, 6) is 6.72. The van der Waals surface area contributed by atoms with E-state index in [2.05, 4.69) is 11.8 Å². The number of hydrogen-bond acceptors (Lipinski definition) is 6. The van der Waals surface area contributed by atoms with Gasteiger partial charge in [0.15, 0.2) is 0 Å². The highest BCUT2D eigenvalue weighted by Crippen LogP contribution is 2.37. The zero-order chi connectivity index (χ0) is 22.8. The maximum absolute atomic E-state index is 9.83. The minimum atomic E-state index is -0.0923. The van der Waals surface area contributed by atoms with Crippen molar-refractivity contribution in [3.63, 3.8) is 0 Å². The number of terminal acetylenes is 2. The average molecular weight is 422 g/mol. The number of ether oxygens (including phenoxy) is 2. The molecule has 6 nitrogen and oxygen atoms in total. The van der Waals surface area contributed by atoms with Crippen LogP contribution in [0.3, 0.4) is 0 Å². The van der Waals surface area contributed by atoms with Gasteiger partial charge in [0.05, 0.1) is 16.9 Å². The Hall–Kier alpha value is -4.94. The minimum Gasteiger partial charge on any atom is -0.506 e. The van der Waals surface area contributed by atoms with Crippen LogP contribution in [0.1, 0.15) is 11.1 Å². The van der Waals surface area contributed by atoms with Gasteiger partial charge in [0.2, 0.25) is 0 Å². The van der Waals surface area contributed by atoms with Crippen molar-refractivity contribution in [2.45, 2.75) is 0 Å². The first-order valence-electron chi connectivity index (χ1n) is 9.45. The normalized spacial score (nSPS) is 10.3. The van der Waals surface area contributed by atoms with Gasteiger partial charge in [-0.15, -0.1) is 12.8 Å². The third-order valence-electron chi connectivity index (χ3n) is 4.80. The second kappa shape index (κ2) is 8.06. The van der Waals surface area contributed by atoms with E-state index in [4.69, 9.17) is 33.8 Å². The molecule has 0 aliphatic heterocycles. The zero-order valence-corrected chi connectivity index (χ0v) is 16.8. The highest BCUT2D eigenvalue weighted by molar-refractivity contribution is 5.92. The predicted molar refractivity (Wildman–Crippen MR) is 125 cm³/mol. The highest BCUT2D eigenvalue weighted by atomic mass is 16.5. The molecule has 6 N–H and O–H groups in total. The number of benzene rings is 4. The zero-order valence-electron chi connectivity index (χ0n) is 16.8. The SMILES string of the molecule is C#Cc1cc2cc(Oc3ccc(N)c(O)c3)cc(C#C)c2cc1Oc1ccc(N)c(O)c1.